The molecule has 0 unspecified atom stereocenters. The lowest BCUT2D eigenvalue weighted by Gasteiger charge is -2.06. The molecule has 3 rings (SSSR count). The molecule has 0 aliphatic carbocycles. The van der Waals surface area contributed by atoms with Gasteiger partial charge in [0.25, 0.3) is 0 Å². The van der Waals surface area contributed by atoms with E-state index in [1.165, 1.54) is 5.56 Å². The minimum Gasteiger partial charge on any atom is -0.248 e. The van der Waals surface area contributed by atoms with Gasteiger partial charge in [-0.15, -0.1) is 0 Å². The van der Waals surface area contributed by atoms with Crippen LogP contribution in [0.1, 0.15) is 11.1 Å². The lowest BCUT2D eigenvalue weighted by Crippen LogP contribution is -1.99. The molecule has 0 amide bonds. The van der Waals surface area contributed by atoms with E-state index >= 15 is 0 Å². The molecule has 3 heteroatoms. The van der Waals surface area contributed by atoms with Gasteiger partial charge in [-0.3, -0.25) is 0 Å². The van der Waals surface area contributed by atoms with E-state index in [1.807, 2.05) is 66.7 Å². The predicted octanol–water partition coefficient (Wildman–Crippen LogP) is 7.08. The maximum atomic E-state index is 6.05. The highest BCUT2D eigenvalue weighted by molar-refractivity contribution is 8.02. The Morgan fingerprint density at radius 2 is 1.68 bits per heavy atom. The van der Waals surface area contributed by atoms with Gasteiger partial charge in [-0.1, -0.05) is 71.9 Å². The van der Waals surface area contributed by atoms with Crippen LogP contribution >= 0.6 is 23.4 Å². The summed E-state index contributed by atoms with van der Waals surface area (Å²) in [5.74, 6) is 0. The number of rotatable bonds is 5. The number of thioether (sulfide) groups is 1. The van der Waals surface area contributed by atoms with E-state index in [0.29, 0.717) is 0 Å². The largest absolute Gasteiger partial charge is 0.248 e. The second-order valence-electron chi connectivity index (χ2n) is 5.53. The summed E-state index contributed by atoms with van der Waals surface area (Å²) in [6.45, 7) is 2.10. The number of hydrogen-bond donors (Lipinski definition) is 0. The number of aryl methyl sites for hydroxylation is 1. The van der Waals surface area contributed by atoms with Crippen LogP contribution in [0.15, 0.2) is 100 Å². The maximum absolute atomic E-state index is 6.05. The number of halogens is 1. The summed E-state index contributed by atoms with van der Waals surface area (Å²) in [6, 6.07) is 26.1. The van der Waals surface area contributed by atoms with Gasteiger partial charge in [0.1, 0.15) is 0 Å². The van der Waals surface area contributed by atoms with Crippen molar-refractivity contribution in [3.63, 3.8) is 0 Å². The molecule has 25 heavy (non-hydrogen) atoms. The number of para-hydroxylation sites is 1. The van der Waals surface area contributed by atoms with E-state index in [9.17, 15) is 0 Å². The van der Waals surface area contributed by atoms with E-state index in [4.69, 9.17) is 16.6 Å². The molecular weight excluding hydrogens is 346 g/mol. The van der Waals surface area contributed by atoms with Gasteiger partial charge in [0.05, 0.1) is 11.4 Å². The van der Waals surface area contributed by atoms with Gasteiger partial charge in [-0.05, 0) is 54.3 Å². The van der Waals surface area contributed by atoms with Crippen LogP contribution in [0.5, 0.6) is 0 Å². The summed E-state index contributed by atoms with van der Waals surface area (Å²) < 4.78 is 0. The summed E-state index contributed by atoms with van der Waals surface area (Å²) in [4.78, 5) is 5.93. The van der Waals surface area contributed by atoms with Gasteiger partial charge in [0.2, 0.25) is 0 Å². The fourth-order valence-corrected chi connectivity index (χ4v) is 3.37. The number of aliphatic imine (C=N–C) groups is 1. The minimum atomic E-state index is 0.746. The lowest BCUT2D eigenvalue weighted by molar-refractivity contribution is 1.42. The van der Waals surface area contributed by atoms with Crippen LogP contribution in [-0.2, 0) is 0 Å². The number of allylic oxidation sites excluding steroid dienone is 1. The van der Waals surface area contributed by atoms with Crippen molar-refractivity contribution >= 4 is 34.8 Å². The normalized spacial score (nSPS) is 11.8. The first-order valence-electron chi connectivity index (χ1n) is 8.01. The SMILES string of the molecule is Cc1ccccc1C(C=CSc1cccc(Cl)c1)=Nc1ccccc1. The lowest BCUT2D eigenvalue weighted by atomic mass is 10.0. The Hall–Kier alpha value is -2.29. The van der Waals surface area contributed by atoms with Gasteiger partial charge in [-0.2, -0.15) is 0 Å². The molecule has 0 spiro atoms. The average molecular weight is 364 g/mol. The van der Waals surface area contributed by atoms with Gasteiger partial charge in [0, 0.05) is 15.5 Å². The highest BCUT2D eigenvalue weighted by Gasteiger charge is 2.04. The van der Waals surface area contributed by atoms with Crippen molar-refractivity contribution in [2.45, 2.75) is 11.8 Å². The summed E-state index contributed by atoms with van der Waals surface area (Å²) >= 11 is 7.68. The van der Waals surface area contributed by atoms with E-state index in [0.717, 1.165) is 26.9 Å². The van der Waals surface area contributed by atoms with Crippen molar-refractivity contribution in [3.8, 4) is 0 Å². The molecular formula is C22H18ClNS. The number of hydrogen-bond acceptors (Lipinski definition) is 2. The summed E-state index contributed by atoms with van der Waals surface area (Å²) in [7, 11) is 0. The number of benzene rings is 3. The van der Waals surface area contributed by atoms with Crippen LogP contribution in [0.4, 0.5) is 5.69 Å². The van der Waals surface area contributed by atoms with Crippen LogP contribution < -0.4 is 0 Å². The predicted molar refractivity (Wildman–Crippen MR) is 110 cm³/mol. The van der Waals surface area contributed by atoms with Gasteiger partial charge in [0.15, 0.2) is 0 Å². The van der Waals surface area contributed by atoms with Crippen LogP contribution in [0, 0.1) is 6.92 Å². The summed E-state index contributed by atoms with van der Waals surface area (Å²) in [5, 5.41) is 2.80. The Labute approximate surface area is 158 Å². The monoisotopic (exact) mass is 363 g/mol. The van der Waals surface area contributed by atoms with Gasteiger partial charge in [-0.25, -0.2) is 4.99 Å². The molecule has 0 saturated heterocycles. The molecule has 3 aromatic carbocycles. The average Bonchev–Trinajstić information content (AvgIpc) is 2.62. The summed E-state index contributed by atoms with van der Waals surface area (Å²) in [6.07, 6.45) is 2.06. The van der Waals surface area contributed by atoms with Gasteiger partial charge < -0.3 is 0 Å². The molecule has 0 fully saturated rings. The Kier molecular flexibility index (Phi) is 6.10. The van der Waals surface area contributed by atoms with Crippen molar-refractivity contribution in [2.75, 3.05) is 0 Å². The van der Waals surface area contributed by atoms with Crippen LogP contribution in [0.2, 0.25) is 5.02 Å². The molecule has 0 saturated carbocycles. The molecule has 0 aromatic heterocycles. The molecule has 0 aliphatic rings. The van der Waals surface area contributed by atoms with Crippen LogP contribution in [0.25, 0.3) is 0 Å². The van der Waals surface area contributed by atoms with E-state index < -0.39 is 0 Å². The molecule has 0 bridgehead atoms. The highest BCUT2D eigenvalue weighted by atomic mass is 35.5. The first kappa shape index (κ1) is 17.5. The highest BCUT2D eigenvalue weighted by Crippen LogP contribution is 2.23. The maximum Gasteiger partial charge on any atom is 0.0717 e. The number of nitrogens with zero attached hydrogens (tertiary/aromatic N) is 1. The first-order chi connectivity index (χ1) is 12.2. The molecule has 1 nitrogen and oxygen atoms in total. The molecule has 0 aliphatic heterocycles. The second-order valence-corrected chi connectivity index (χ2v) is 6.94. The zero-order valence-corrected chi connectivity index (χ0v) is 15.5. The Morgan fingerprint density at radius 3 is 2.44 bits per heavy atom. The molecule has 3 aromatic rings. The van der Waals surface area contributed by atoms with Crippen LogP contribution in [-0.4, -0.2) is 5.71 Å². The van der Waals surface area contributed by atoms with Crippen LogP contribution in [0.3, 0.4) is 0 Å². The Bertz CT molecular complexity index is 901. The van der Waals surface area contributed by atoms with Crippen molar-refractivity contribution in [3.05, 3.63) is 106 Å². The van der Waals surface area contributed by atoms with Crippen molar-refractivity contribution in [2.24, 2.45) is 4.99 Å². The Morgan fingerprint density at radius 1 is 0.920 bits per heavy atom. The van der Waals surface area contributed by atoms with Crippen molar-refractivity contribution in [1.82, 2.24) is 0 Å². The Balaban J connectivity index is 1.90. The van der Waals surface area contributed by atoms with E-state index in [2.05, 4.69) is 30.5 Å². The third-order valence-corrected chi connectivity index (χ3v) is 4.69. The van der Waals surface area contributed by atoms with E-state index in [-0.39, 0.29) is 0 Å². The molecule has 0 atom stereocenters. The molecule has 0 radical (unpaired) electrons. The van der Waals surface area contributed by atoms with Crippen molar-refractivity contribution in [1.29, 1.82) is 0 Å². The molecule has 0 heterocycles. The second kappa shape index (κ2) is 8.70. The first-order valence-corrected chi connectivity index (χ1v) is 9.27. The molecule has 124 valence electrons. The van der Waals surface area contributed by atoms with E-state index in [1.54, 1.807) is 11.8 Å². The van der Waals surface area contributed by atoms with Gasteiger partial charge >= 0.3 is 0 Å². The van der Waals surface area contributed by atoms with Crippen molar-refractivity contribution < 1.29 is 0 Å². The quantitative estimate of drug-likeness (QED) is 0.348. The standard InChI is InChI=1S/C22H18ClNS/c1-17-8-5-6-13-21(17)22(24-19-10-3-2-4-11-19)14-15-25-20-12-7-9-18(23)16-20/h2-16H,1H3. The zero-order chi connectivity index (χ0) is 17.5. The molecule has 0 N–H and O–H groups in total. The minimum absolute atomic E-state index is 0.746. The topological polar surface area (TPSA) is 12.4 Å². The fourth-order valence-electron chi connectivity index (χ4n) is 2.41. The summed E-state index contributed by atoms with van der Waals surface area (Å²) in [5.41, 5.74) is 4.22. The third kappa shape index (κ3) is 5.09. The zero-order valence-electron chi connectivity index (χ0n) is 13.9. The third-order valence-electron chi connectivity index (χ3n) is 3.65. The smallest absolute Gasteiger partial charge is 0.0717 e. The fraction of sp³-hybridized carbons (Fsp3) is 0.0455.